The van der Waals surface area contributed by atoms with Gasteiger partial charge in [-0.1, -0.05) is 11.6 Å². The maximum atomic E-state index is 13.0. The van der Waals surface area contributed by atoms with Crippen LogP contribution >= 0.6 is 11.6 Å². The monoisotopic (exact) mass is 275 g/mol. The molecular weight excluding hydrogens is 264 g/mol. The second-order valence-corrected chi connectivity index (χ2v) is 4.93. The molecule has 0 aliphatic heterocycles. The van der Waals surface area contributed by atoms with Crippen LogP contribution in [0.5, 0.6) is 0 Å². The van der Waals surface area contributed by atoms with Crippen LogP contribution < -0.4 is 0 Å². The molecule has 3 nitrogen and oxygen atoms in total. The van der Waals surface area contributed by atoms with E-state index >= 15 is 0 Å². The normalized spacial score (nSPS) is 19.7. The Balaban J connectivity index is 2.17. The molecule has 1 aromatic heterocycles. The Morgan fingerprint density at radius 1 is 1.44 bits per heavy atom. The minimum Gasteiger partial charge on any atom is -0.477 e. The van der Waals surface area contributed by atoms with E-state index in [9.17, 15) is 13.6 Å². The van der Waals surface area contributed by atoms with Crippen molar-refractivity contribution in [2.45, 2.75) is 37.5 Å². The first-order valence-electron chi connectivity index (χ1n) is 5.65. The molecule has 1 heterocycles. The maximum absolute atomic E-state index is 13.0. The molecule has 0 aromatic carbocycles. The van der Waals surface area contributed by atoms with E-state index < -0.39 is 11.9 Å². The van der Waals surface area contributed by atoms with Crippen molar-refractivity contribution >= 4 is 17.6 Å². The summed E-state index contributed by atoms with van der Waals surface area (Å²) in [6.45, 7) is 0. The van der Waals surface area contributed by atoms with Gasteiger partial charge in [0, 0.05) is 24.1 Å². The fourth-order valence-corrected chi connectivity index (χ4v) is 2.52. The van der Waals surface area contributed by atoms with Crippen molar-refractivity contribution in [2.75, 3.05) is 0 Å². The van der Waals surface area contributed by atoms with Crippen molar-refractivity contribution < 1.29 is 18.7 Å². The average Bonchev–Trinajstić information content (AvgIpc) is 2.29. The zero-order valence-electron chi connectivity index (χ0n) is 9.50. The third kappa shape index (κ3) is 2.77. The van der Waals surface area contributed by atoms with Gasteiger partial charge in [-0.3, -0.25) is 0 Å². The predicted octanol–water partition coefficient (Wildman–Crippen LogP) is 3.73. The van der Waals surface area contributed by atoms with E-state index in [0.29, 0.717) is 18.4 Å². The Morgan fingerprint density at radius 3 is 2.56 bits per heavy atom. The van der Waals surface area contributed by atoms with E-state index in [2.05, 4.69) is 4.98 Å². The SMILES string of the molecule is O=C(O)c1cc(Cl)c(C2CCC(F)(F)CC2)cn1. The van der Waals surface area contributed by atoms with Crippen molar-refractivity contribution in [3.63, 3.8) is 0 Å². The molecule has 1 saturated carbocycles. The number of nitrogens with zero attached hydrogens (tertiary/aromatic N) is 1. The summed E-state index contributed by atoms with van der Waals surface area (Å²) >= 11 is 5.99. The molecule has 0 atom stereocenters. The predicted molar refractivity (Wildman–Crippen MR) is 62.4 cm³/mol. The molecule has 0 radical (unpaired) electrons. The van der Waals surface area contributed by atoms with E-state index in [1.54, 1.807) is 0 Å². The number of hydrogen-bond acceptors (Lipinski definition) is 2. The highest BCUT2D eigenvalue weighted by Crippen LogP contribution is 2.42. The van der Waals surface area contributed by atoms with Gasteiger partial charge in [0.1, 0.15) is 5.69 Å². The summed E-state index contributed by atoms with van der Waals surface area (Å²) in [6, 6.07) is 1.27. The molecule has 0 amide bonds. The van der Waals surface area contributed by atoms with Crippen LogP contribution in [0.2, 0.25) is 5.02 Å². The van der Waals surface area contributed by atoms with Gasteiger partial charge in [-0.15, -0.1) is 0 Å². The Morgan fingerprint density at radius 2 is 2.06 bits per heavy atom. The van der Waals surface area contributed by atoms with Crippen LogP contribution in [0.4, 0.5) is 8.78 Å². The van der Waals surface area contributed by atoms with Gasteiger partial charge in [-0.2, -0.15) is 0 Å². The average molecular weight is 276 g/mol. The van der Waals surface area contributed by atoms with Crippen LogP contribution in [0.15, 0.2) is 12.3 Å². The number of rotatable bonds is 2. The fourth-order valence-electron chi connectivity index (χ4n) is 2.21. The number of carboxylic acids is 1. The third-order valence-electron chi connectivity index (χ3n) is 3.26. The number of pyridine rings is 1. The summed E-state index contributed by atoms with van der Waals surface area (Å²) in [5.74, 6) is -3.80. The smallest absolute Gasteiger partial charge is 0.354 e. The van der Waals surface area contributed by atoms with Crippen molar-refractivity contribution in [3.8, 4) is 0 Å². The Labute approximate surface area is 108 Å². The zero-order valence-corrected chi connectivity index (χ0v) is 10.3. The minimum atomic E-state index is -2.59. The first-order chi connectivity index (χ1) is 8.39. The Bertz CT molecular complexity index is 469. The van der Waals surface area contributed by atoms with E-state index in [-0.39, 0.29) is 29.5 Å². The summed E-state index contributed by atoms with van der Waals surface area (Å²) in [5.41, 5.74) is 0.530. The highest BCUT2D eigenvalue weighted by molar-refractivity contribution is 6.31. The molecule has 1 fully saturated rings. The van der Waals surface area contributed by atoms with Gasteiger partial charge in [0.15, 0.2) is 0 Å². The second kappa shape index (κ2) is 4.80. The number of aromatic nitrogens is 1. The van der Waals surface area contributed by atoms with Crippen molar-refractivity contribution in [1.82, 2.24) is 4.98 Å². The van der Waals surface area contributed by atoms with Gasteiger partial charge in [0.2, 0.25) is 5.92 Å². The maximum Gasteiger partial charge on any atom is 0.354 e. The molecule has 2 rings (SSSR count). The van der Waals surface area contributed by atoms with E-state index in [4.69, 9.17) is 16.7 Å². The Kier molecular flexibility index (Phi) is 3.52. The number of alkyl halides is 2. The lowest BCUT2D eigenvalue weighted by Gasteiger charge is -2.28. The number of halogens is 3. The van der Waals surface area contributed by atoms with Crippen LogP contribution in [0, 0.1) is 0 Å². The molecule has 98 valence electrons. The lowest BCUT2D eigenvalue weighted by molar-refractivity contribution is -0.0382. The standard InChI is InChI=1S/C12H12ClF2NO2/c13-9-5-10(11(17)18)16-6-8(9)7-1-3-12(14,15)4-2-7/h5-7H,1-4H2,(H,17,18). The first kappa shape index (κ1) is 13.2. The quantitative estimate of drug-likeness (QED) is 0.895. The van der Waals surface area contributed by atoms with Gasteiger partial charge in [-0.25, -0.2) is 18.6 Å². The van der Waals surface area contributed by atoms with Crippen molar-refractivity contribution in [3.05, 3.63) is 28.5 Å². The van der Waals surface area contributed by atoms with Crippen molar-refractivity contribution in [1.29, 1.82) is 0 Å². The molecule has 1 N–H and O–H groups in total. The lowest BCUT2D eigenvalue weighted by atomic mass is 9.83. The molecule has 1 aromatic rings. The molecule has 6 heteroatoms. The molecule has 1 aliphatic rings. The summed E-state index contributed by atoms with van der Waals surface area (Å²) in [7, 11) is 0. The van der Waals surface area contributed by atoms with Crippen LogP contribution in [0.3, 0.4) is 0 Å². The molecule has 1 aliphatic carbocycles. The largest absolute Gasteiger partial charge is 0.477 e. The molecule has 0 bridgehead atoms. The summed E-state index contributed by atoms with van der Waals surface area (Å²) in [5, 5.41) is 9.05. The van der Waals surface area contributed by atoms with Crippen LogP contribution in [0.1, 0.15) is 47.7 Å². The van der Waals surface area contributed by atoms with E-state index in [1.165, 1.54) is 12.3 Å². The number of hydrogen-bond donors (Lipinski definition) is 1. The molecule has 0 saturated heterocycles. The van der Waals surface area contributed by atoms with Crippen LogP contribution in [-0.4, -0.2) is 22.0 Å². The number of carbonyl (C=O) groups is 1. The number of carboxylic acid groups (broad SMARTS) is 1. The second-order valence-electron chi connectivity index (χ2n) is 4.53. The summed E-state index contributed by atoms with van der Waals surface area (Å²) in [6.07, 6.45) is 1.77. The van der Waals surface area contributed by atoms with Gasteiger partial charge in [0.25, 0.3) is 0 Å². The van der Waals surface area contributed by atoms with Gasteiger partial charge in [-0.05, 0) is 30.4 Å². The highest BCUT2D eigenvalue weighted by atomic mass is 35.5. The zero-order chi connectivity index (χ0) is 13.3. The Hall–Kier alpha value is -1.23. The first-order valence-corrected chi connectivity index (χ1v) is 6.03. The summed E-state index contributed by atoms with van der Waals surface area (Å²) < 4.78 is 26.1. The summed E-state index contributed by atoms with van der Waals surface area (Å²) in [4.78, 5) is 14.5. The topological polar surface area (TPSA) is 50.2 Å². The molecular formula is C12H12ClF2NO2. The number of aromatic carboxylic acids is 1. The lowest BCUT2D eigenvalue weighted by Crippen LogP contribution is -2.23. The minimum absolute atomic E-state index is 0.0625. The molecule has 0 unspecified atom stereocenters. The molecule has 18 heavy (non-hydrogen) atoms. The van der Waals surface area contributed by atoms with Gasteiger partial charge in [0.05, 0.1) is 0 Å². The highest BCUT2D eigenvalue weighted by Gasteiger charge is 2.36. The van der Waals surface area contributed by atoms with Gasteiger partial charge >= 0.3 is 5.97 Å². The van der Waals surface area contributed by atoms with Gasteiger partial charge < -0.3 is 5.11 Å². The van der Waals surface area contributed by atoms with Crippen molar-refractivity contribution in [2.24, 2.45) is 0 Å². The van der Waals surface area contributed by atoms with Crippen LogP contribution in [-0.2, 0) is 0 Å². The van der Waals surface area contributed by atoms with Crippen LogP contribution in [0.25, 0.3) is 0 Å². The fraction of sp³-hybridized carbons (Fsp3) is 0.500. The molecule has 0 spiro atoms. The third-order valence-corrected chi connectivity index (χ3v) is 3.59. The van der Waals surface area contributed by atoms with E-state index in [1.807, 2.05) is 0 Å². The van der Waals surface area contributed by atoms with E-state index in [0.717, 1.165) is 0 Å².